The van der Waals surface area contributed by atoms with Gasteiger partial charge in [-0.25, -0.2) is 19.6 Å². The molecule has 112 valence electrons. The Labute approximate surface area is 117 Å². The van der Waals surface area contributed by atoms with E-state index in [1.807, 2.05) is 6.92 Å². The van der Waals surface area contributed by atoms with Crippen LogP contribution in [0, 0.1) is 11.6 Å². The number of halogens is 2. The zero-order valence-corrected chi connectivity index (χ0v) is 11.5. The number of nitrogens with two attached hydrogens (primary N) is 1. The third-order valence-electron chi connectivity index (χ3n) is 2.52. The van der Waals surface area contributed by atoms with Crippen molar-refractivity contribution in [1.82, 2.24) is 10.7 Å². The van der Waals surface area contributed by atoms with Crippen LogP contribution in [0.4, 0.5) is 8.78 Å². The van der Waals surface area contributed by atoms with E-state index in [0.29, 0.717) is 31.3 Å². The average molecular weight is 286 g/mol. The van der Waals surface area contributed by atoms with Crippen molar-refractivity contribution in [3.8, 4) is 0 Å². The molecule has 5 nitrogen and oxygen atoms in total. The highest BCUT2D eigenvalue weighted by Crippen LogP contribution is 2.10. The van der Waals surface area contributed by atoms with Crippen LogP contribution in [0.25, 0.3) is 0 Å². The van der Waals surface area contributed by atoms with E-state index in [1.54, 1.807) is 0 Å². The Bertz CT molecular complexity index is 440. The summed E-state index contributed by atoms with van der Waals surface area (Å²) in [6.07, 6.45) is 0.805. The fourth-order valence-electron chi connectivity index (χ4n) is 1.49. The first-order valence-electron chi connectivity index (χ1n) is 6.44. The van der Waals surface area contributed by atoms with Gasteiger partial charge in [-0.1, -0.05) is 6.07 Å². The van der Waals surface area contributed by atoms with E-state index in [4.69, 9.17) is 10.6 Å². The van der Waals surface area contributed by atoms with E-state index in [2.05, 4.69) is 15.7 Å². The third kappa shape index (κ3) is 5.94. The van der Waals surface area contributed by atoms with E-state index < -0.39 is 11.6 Å². The molecule has 1 aromatic carbocycles. The van der Waals surface area contributed by atoms with E-state index in [1.165, 1.54) is 12.1 Å². The number of hydrazine groups is 1. The van der Waals surface area contributed by atoms with Crippen molar-refractivity contribution in [2.45, 2.75) is 19.9 Å². The molecule has 0 unspecified atom stereocenters. The highest BCUT2D eigenvalue weighted by Gasteiger charge is 2.03. The minimum Gasteiger partial charge on any atom is -0.382 e. The summed E-state index contributed by atoms with van der Waals surface area (Å²) < 4.78 is 31.3. The summed E-state index contributed by atoms with van der Waals surface area (Å²) in [5.41, 5.74) is 2.70. The second-order valence-electron chi connectivity index (χ2n) is 4.02. The largest absolute Gasteiger partial charge is 0.382 e. The number of nitrogens with one attached hydrogen (secondary N) is 2. The Kier molecular flexibility index (Phi) is 7.52. The molecule has 0 aliphatic carbocycles. The van der Waals surface area contributed by atoms with Gasteiger partial charge in [0, 0.05) is 31.4 Å². The minimum atomic E-state index is -0.624. The van der Waals surface area contributed by atoms with Gasteiger partial charge in [-0.2, -0.15) is 0 Å². The first-order chi connectivity index (χ1) is 9.67. The van der Waals surface area contributed by atoms with E-state index in [9.17, 15) is 8.78 Å². The zero-order valence-electron chi connectivity index (χ0n) is 11.5. The quantitative estimate of drug-likeness (QED) is 0.232. The molecule has 0 fully saturated rings. The van der Waals surface area contributed by atoms with Gasteiger partial charge < -0.3 is 10.1 Å². The third-order valence-corrected chi connectivity index (χ3v) is 2.52. The molecule has 1 rings (SSSR count). The van der Waals surface area contributed by atoms with Crippen LogP contribution in [0.15, 0.2) is 23.2 Å². The summed E-state index contributed by atoms with van der Waals surface area (Å²) >= 11 is 0. The summed E-state index contributed by atoms with van der Waals surface area (Å²) in [6.45, 7) is 3.96. The van der Waals surface area contributed by atoms with Crippen molar-refractivity contribution in [3.63, 3.8) is 0 Å². The molecule has 4 N–H and O–H groups in total. The monoisotopic (exact) mass is 286 g/mol. The van der Waals surface area contributed by atoms with Crippen LogP contribution in [0.3, 0.4) is 0 Å². The second kappa shape index (κ2) is 9.22. The molecule has 20 heavy (non-hydrogen) atoms. The molecule has 7 heteroatoms. The van der Waals surface area contributed by atoms with Gasteiger partial charge in [0.05, 0.1) is 6.54 Å². The lowest BCUT2D eigenvalue weighted by atomic mass is 10.2. The highest BCUT2D eigenvalue weighted by molar-refractivity contribution is 5.79. The lowest BCUT2D eigenvalue weighted by molar-refractivity contribution is 0.145. The minimum absolute atomic E-state index is 0.0735. The maximum Gasteiger partial charge on any atom is 0.206 e. The molecular formula is C13H20F2N4O. The fraction of sp³-hybridized carbons (Fsp3) is 0.462. The topological polar surface area (TPSA) is 71.7 Å². The Morgan fingerprint density at radius 2 is 2.20 bits per heavy atom. The summed E-state index contributed by atoms with van der Waals surface area (Å²) in [7, 11) is 0. The molecule has 0 spiro atoms. The average Bonchev–Trinajstić information content (AvgIpc) is 2.43. The van der Waals surface area contributed by atoms with Gasteiger partial charge in [0.15, 0.2) is 0 Å². The number of hydrogen-bond donors (Lipinski definition) is 3. The maximum absolute atomic E-state index is 13.4. The fourth-order valence-corrected chi connectivity index (χ4v) is 1.49. The summed E-state index contributed by atoms with van der Waals surface area (Å²) in [4.78, 5) is 4.09. The Balaban J connectivity index is 2.44. The van der Waals surface area contributed by atoms with Crippen LogP contribution < -0.4 is 16.6 Å². The van der Waals surface area contributed by atoms with Gasteiger partial charge in [-0.3, -0.25) is 5.43 Å². The SMILES string of the molecule is CCOCCCNC(=NCc1ccc(F)cc1F)NN. The molecule has 0 aliphatic rings. The maximum atomic E-state index is 13.4. The van der Waals surface area contributed by atoms with Crippen LogP contribution in [0.2, 0.25) is 0 Å². The van der Waals surface area contributed by atoms with E-state index >= 15 is 0 Å². The lowest BCUT2D eigenvalue weighted by Crippen LogP contribution is -2.42. The number of rotatable bonds is 7. The molecule has 0 saturated heterocycles. The Morgan fingerprint density at radius 3 is 2.85 bits per heavy atom. The van der Waals surface area contributed by atoms with Crippen molar-refractivity contribution >= 4 is 5.96 Å². The zero-order chi connectivity index (χ0) is 14.8. The number of benzene rings is 1. The molecule has 0 bridgehead atoms. The second-order valence-corrected chi connectivity index (χ2v) is 4.02. The summed E-state index contributed by atoms with van der Waals surface area (Å²) in [6, 6.07) is 3.38. The summed E-state index contributed by atoms with van der Waals surface area (Å²) in [5, 5.41) is 2.97. The predicted molar refractivity (Wildman–Crippen MR) is 73.9 cm³/mol. The van der Waals surface area contributed by atoms with Gasteiger partial charge in [0.1, 0.15) is 11.6 Å². The Hall–Kier alpha value is -1.73. The summed E-state index contributed by atoms with van der Waals surface area (Å²) in [5.74, 6) is 4.43. The molecule has 0 aliphatic heterocycles. The normalized spacial score (nSPS) is 11.5. The lowest BCUT2D eigenvalue weighted by Gasteiger charge is -2.09. The van der Waals surface area contributed by atoms with Crippen molar-refractivity contribution in [1.29, 1.82) is 0 Å². The predicted octanol–water partition coefficient (Wildman–Crippen LogP) is 1.30. The molecule has 0 saturated carbocycles. The van der Waals surface area contributed by atoms with Crippen LogP contribution in [0.5, 0.6) is 0 Å². The number of nitrogens with zero attached hydrogens (tertiary/aromatic N) is 1. The molecule has 0 heterocycles. The standard InChI is InChI=1S/C13H20F2N4O/c1-2-20-7-3-6-17-13(19-16)18-9-10-4-5-11(14)8-12(10)15/h4-5,8H,2-3,6-7,9,16H2,1H3,(H2,17,18,19). The molecule has 0 amide bonds. The van der Waals surface area contributed by atoms with Crippen LogP contribution in [0.1, 0.15) is 18.9 Å². The number of aliphatic imine (C=N–C) groups is 1. The van der Waals surface area contributed by atoms with Crippen LogP contribution in [-0.4, -0.2) is 25.7 Å². The van der Waals surface area contributed by atoms with Crippen LogP contribution >= 0.6 is 0 Å². The van der Waals surface area contributed by atoms with Crippen molar-refractivity contribution in [2.24, 2.45) is 10.8 Å². The molecule has 1 aromatic rings. The van der Waals surface area contributed by atoms with Gasteiger partial charge in [0.25, 0.3) is 0 Å². The van der Waals surface area contributed by atoms with Crippen molar-refractivity contribution in [3.05, 3.63) is 35.4 Å². The van der Waals surface area contributed by atoms with Crippen LogP contribution in [-0.2, 0) is 11.3 Å². The van der Waals surface area contributed by atoms with E-state index in [0.717, 1.165) is 12.5 Å². The smallest absolute Gasteiger partial charge is 0.206 e. The highest BCUT2D eigenvalue weighted by atomic mass is 19.1. The van der Waals surface area contributed by atoms with Gasteiger partial charge in [0.2, 0.25) is 5.96 Å². The van der Waals surface area contributed by atoms with Gasteiger partial charge in [-0.15, -0.1) is 0 Å². The Morgan fingerprint density at radius 1 is 1.40 bits per heavy atom. The number of hydrogen-bond acceptors (Lipinski definition) is 3. The molecule has 0 atom stereocenters. The molecular weight excluding hydrogens is 266 g/mol. The van der Waals surface area contributed by atoms with Crippen molar-refractivity contribution in [2.75, 3.05) is 19.8 Å². The number of ether oxygens (including phenoxy) is 1. The first kappa shape index (κ1) is 16.3. The number of guanidine groups is 1. The van der Waals surface area contributed by atoms with Gasteiger partial charge >= 0.3 is 0 Å². The van der Waals surface area contributed by atoms with Gasteiger partial charge in [-0.05, 0) is 19.4 Å². The molecule has 0 radical (unpaired) electrons. The van der Waals surface area contributed by atoms with E-state index in [-0.39, 0.29) is 6.54 Å². The first-order valence-corrected chi connectivity index (χ1v) is 6.44. The van der Waals surface area contributed by atoms with Crippen molar-refractivity contribution < 1.29 is 13.5 Å². The molecule has 0 aromatic heterocycles.